The summed E-state index contributed by atoms with van der Waals surface area (Å²) in [6.45, 7) is 1.07. The molecule has 2 aliphatic rings. The third-order valence-corrected chi connectivity index (χ3v) is 5.14. The standard InChI is InChI=1S/C20H21N3O3/c21-19(24)13-1-5-15(6-2-13)26-16-7-3-14(4-8-16)20(25)23-18-10-12-9-17(18)22-11-12/h1-8,12,17-18,22H,9-11H2,(H2,21,24)(H,23,25). The Labute approximate surface area is 151 Å². The molecule has 4 N–H and O–H groups in total. The molecule has 134 valence electrons. The molecule has 0 aromatic heterocycles. The van der Waals surface area contributed by atoms with Crippen molar-refractivity contribution < 1.29 is 14.3 Å². The van der Waals surface area contributed by atoms with Gasteiger partial charge >= 0.3 is 0 Å². The van der Waals surface area contributed by atoms with Crippen LogP contribution in [0.15, 0.2) is 48.5 Å². The van der Waals surface area contributed by atoms with Crippen LogP contribution >= 0.6 is 0 Å². The highest BCUT2D eigenvalue weighted by molar-refractivity contribution is 5.94. The van der Waals surface area contributed by atoms with Gasteiger partial charge in [0.2, 0.25) is 5.91 Å². The lowest BCUT2D eigenvalue weighted by Crippen LogP contribution is -2.47. The number of hydrogen-bond acceptors (Lipinski definition) is 4. The molecule has 1 aliphatic heterocycles. The molecular formula is C20H21N3O3. The molecule has 1 saturated heterocycles. The first-order valence-electron chi connectivity index (χ1n) is 8.80. The van der Waals surface area contributed by atoms with E-state index >= 15 is 0 Å². The van der Waals surface area contributed by atoms with Gasteiger partial charge in [-0.25, -0.2) is 0 Å². The van der Waals surface area contributed by atoms with Crippen molar-refractivity contribution in [2.24, 2.45) is 11.7 Å². The Bertz CT molecular complexity index is 817. The largest absolute Gasteiger partial charge is 0.457 e. The Morgan fingerprint density at radius 1 is 0.962 bits per heavy atom. The average Bonchev–Trinajstić information content (AvgIpc) is 3.26. The summed E-state index contributed by atoms with van der Waals surface area (Å²) in [6.07, 6.45) is 2.22. The van der Waals surface area contributed by atoms with Gasteiger partial charge in [0.1, 0.15) is 11.5 Å². The van der Waals surface area contributed by atoms with Gasteiger partial charge in [-0.05, 0) is 73.8 Å². The van der Waals surface area contributed by atoms with Crippen molar-refractivity contribution in [3.63, 3.8) is 0 Å². The first-order valence-corrected chi connectivity index (χ1v) is 8.80. The van der Waals surface area contributed by atoms with Crippen LogP contribution in [-0.4, -0.2) is 30.4 Å². The van der Waals surface area contributed by atoms with E-state index in [0.717, 1.165) is 19.4 Å². The third-order valence-electron chi connectivity index (χ3n) is 5.14. The molecule has 2 aromatic carbocycles. The highest BCUT2D eigenvalue weighted by atomic mass is 16.5. The van der Waals surface area contributed by atoms with E-state index in [1.807, 2.05) is 0 Å². The quantitative estimate of drug-likeness (QED) is 0.769. The van der Waals surface area contributed by atoms with Crippen LogP contribution in [0.3, 0.4) is 0 Å². The summed E-state index contributed by atoms with van der Waals surface area (Å²) in [7, 11) is 0. The maximum Gasteiger partial charge on any atom is 0.251 e. The minimum atomic E-state index is -0.474. The second-order valence-electron chi connectivity index (χ2n) is 6.95. The summed E-state index contributed by atoms with van der Waals surface area (Å²) in [5, 5.41) is 6.57. The lowest BCUT2D eigenvalue weighted by atomic mass is 10.1. The number of rotatable bonds is 5. The number of amides is 2. The number of fused-ring (bicyclic) bond motifs is 2. The van der Waals surface area contributed by atoms with E-state index in [2.05, 4.69) is 10.6 Å². The van der Waals surface area contributed by atoms with E-state index in [9.17, 15) is 9.59 Å². The Balaban J connectivity index is 1.37. The minimum Gasteiger partial charge on any atom is -0.457 e. The second kappa shape index (κ2) is 6.80. The third kappa shape index (κ3) is 3.41. The fourth-order valence-electron chi connectivity index (χ4n) is 3.76. The molecule has 26 heavy (non-hydrogen) atoms. The van der Waals surface area contributed by atoms with Crippen LogP contribution < -0.4 is 21.1 Å². The molecule has 1 saturated carbocycles. The smallest absolute Gasteiger partial charge is 0.251 e. The minimum absolute atomic E-state index is 0.0540. The summed E-state index contributed by atoms with van der Waals surface area (Å²) in [6, 6.07) is 14.3. The van der Waals surface area contributed by atoms with Gasteiger partial charge in [0.25, 0.3) is 5.91 Å². The Morgan fingerprint density at radius 3 is 2.08 bits per heavy atom. The topological polar surface area (TPSA) is 93.5 Å². The van der Waals surface area contributed by atoms with Crippen molar-refractivity contribution in [3.05, 3.63) is 59.7 Å². The summed E-state index contributed by atoms with van der Waals surface area (Å²) in [5.41, 5.74) is 6.26. The number of hydrogen-bond donors (Lipinski definition) is 3. The van der Waals surface area contributed by atoms with Crippen LogP contribution in [0.1, 0.15) is 33.6 Å². The van der Waals surface area contributed by atoms with E-state index in [1.54, 1.807) is 48.5 Å². The van der Waals surface area contributed by atoms with E-state index in [1.165, 1.54) is 0 Å². The summed E-state index contributed by atoms with van der Waals surface area (Å²) in [5.74, 6) is 1.39. The lowest BCUT2D eigenvalue weighted by Gasteiger charge is -2.24. The van der Waals surface area contributed by atoms with Crippen molar-refractivity contribution >= 4 is 11.8 Å². The fourth-order valence-corrected chi connectivity index (χ4v) is 3.76. The van der Waals surface area contributed by atoms with Gasteiger partial charge in [-0.2, -0.15) is 0 Å². The maximum atomic E-state index is 12.4. The molecule has 2 amide bonds. The number of carbonyl (C=O) groups is 2. The van der Waals surface area contributed by atoms with Crippen molar-refractivity contribution in [1.29, 1.82) is 0 Å². The van der Waals surface area contributed by atoms with Crippen LogP contribution in [0.25, 0.3) is 0 Å². The highest BCUT2D eigenvalue weighted by Crippen LogP contribution is 2.31. The molecule has 6 nitrogen and oxygen atoms in total. The molecule has 1 aliphatic carbocycles. The summed E-state index contributed by atoms with van der Waals surface area (Å²) < 4.78 is 5.73. The molecule has 0 radical (unpaired) electrons. The highest BCUT2D eigenvalue weighted by Gasteiger charge is 2.39. The van der Waals surface area contributed by atoms with Crippen molar-refractivity contribution in [1.82, 2.24) is 10.6 Å². The van der Waals surface area contributed by atoms with Gasteiger partial charge in [-0.15, -0.1) is 0 Å². The zero-order chi connectivity index (χ0) is 18.1. The Kier molecular flexibility index (Phi) is 4.34. The zero-order valence-corrected chi connectivity index (χ0v) is 14.3. The van der Waals surface area contributed by atoms with E-state index in [4.69, 9.17) is 10.5 Å². The first kappa shape index (κ1) is 16.6. The Hall–Kier alpha value is -2.86. The molecule has 6 heteroatoms. The van der Waals surface area contributed by atoms with Crippen LogP contribution in [0.2, 0.25) is 0 Å². The summed E-state index contributed by atoms with van der Waals surface area (Å²) in [4.78, 5) is 23.5. The van der Waals surface area contributed by atoms with Crippen molar-refractivity contribution in [2.45, 2.75) is 24.9 Å². The molecule has 3 unspecified atom stereocenters. The van der Waals surface area contributed by atoms with Crippen LogP contribution in [0.4, 0.5) is 0 Å². The number of carbonyl (C=O) groups excluding carboxylic acids is 2. The van der Waals surface area contributed by atoms with Gasteiger partial charge in [-0.1, -0.05) is 0 Å². The number of piperidine rings is 1. The molecule has 3 atom stereocenters. The SMILES string of the molecule is NC(=O)c1ccc(Oc2ccc(C(=O)NC3CC4CNC3C4)cc2)cc1. The number of primary amides is 1. The van der Waals surface area contributed by atoms with E-state index in [-0.39, 0.29) is 11.9 Å². The van der Waals surface area contributed by atoms with Crippen LogP contribution in [0.5, 0.6) is 11.5 Å². The summed E-state index contributed by atoms with van der Waals surface area (Å²) >= 11 is 0. The van der Waals surface area contributed by atoms with E-state index in [0.29, 0.717) is 34.6 Å². The maximum absolute atomic E-state index is 12.4. The van der Waals surface area contributed by atoms with Gasteiger partial charge in [0.05, 0.1) is 0 Å². The molecule has 2 aromatic rings. The van der Waals surface area contributed by atoms with Crippen molar-refractivity contribution in [2.75, 3.05) is 6.54 Å². The molecular weight excluding hydrogens is 330 g/mol. The predicted molar refractivity (Wildman–Crippen MR) is 97.2 cm³/mol. The first-order chi connectivity index (χ1) is 12.6. The molecule has 2 bridgehead atoms. The number of nitrogens with one attached hydrogen (secondary N) is 2. The Morgan fingerprint density at radius 2 is 1.58 bits per heavy atom. The van der Waals surface area contributed by atoms with Crippen molar-refractivity contribution in [3.8, 4) is 11.5 Å². The zero-order valence-electron chi connectivity index (χ0n) is 14.3. The second-order valence-corrected chi connectivity index (χ2v) is 6.95. The van der Waals surface area contributed by atoms with Crippen LogP contribution in [-0.2, 0) is 0 Å². The van der Waals surface area contributed by atoms with Gasteiger partial charge in [0.15, 0.2) is 0 Å². The molecule has 4 rings (SSSR count). The molecule has 0 spiro atoms. The number of ether oxygens (including phenoxy) is 1. The monoisotopic (exact) mass is 351 g/mol. The van der Waals surface area contributed by atoms with Gasteiger partial charge in [-0.3, -0.25) is 9.59 Å². The number of nitrogens with two attached hydrogens (primary N) is 1. The predicted octanol–water partition coefficient (Wildman–Crippen LogP) is 2.06. The lowest BCUT2D eigenvalue weighted by molar-refractivity contribution is 0.0927. The fraction of sp³-hybridized carbons (Fsp3) is 0.300. The molecule has 2 fully saturated rings. The number of benzene rings is 2. The van der Waals surface area contributed by atoms with Gasteiger partial charge < -0.3 is 21.1 Å². The molecule has 1 heterocycles. The average molecular weight is 351 g/mol. The van der Waals surface area contributed by atoms with Gasteiger partial charge in [0, 0.05) is 23.2 Å². The van der Waals surface area contributed by atoms with Crippen LogP contribution in [0, 0.1) is 5.92 Å². The normalized spacial score (nSPS) is 23.6. The van der Waals surface area contributed by atoms with E-state index < -0.39 is 5.91 Å².